The van der Waals surface area contributed by atoms with Gasteiger partial charge in [-0.3, -0.25) is 0 Å². The minimum absolute atomic E-state index is 0.493. The van der Waals surface area contributed by atoms with Gasteiger partial charge in [0, 0.05) is 6.04 Å². The Morgan fingerprint density at radius 2 is 2.13 bits per heavy atom. The van der Waals surface area contributed by atoms with Gasteiger partial charge in [-0.15, -0.1) is 0 Å². The summed E-state index contributed by atoms with van der Waals surface area (Å²) in [5.41, 5.74) is 2.03. The Morgan fingerprint density at radius 1 is 1.33 bits per heavy atom. The van der Waals surface area contributed by atoms with E-state index < -0.39 is 0 Å². The fraction of sp³-hybridized carbons (Fsp3) is 0.333. The van der Waals surface area contributed by atoms with Crippen molar-refractivity contribution >= 4 is 11.0 Å². The van der Waals surface area contributed by atoms with Crippen LogP contribution in [0.4, 0.5) is 0 Å². The van der Waals surface area contributed by atoms with E-state index in [9.17, 15) is 0 Å². The van der Waals surface area contributed by atoms with E-state index in [-0.39, 0.29) is 0 Å². The first-order valence-electron chi connectivity index (χ1n) is 5.27. The van der Waals surface area contributed by atoms with Crippen LogP contribution in [0.25, 0.3) is 11.0 Å². The molecule has 0 aliphatic heterocycles. The Kier molecular flexibility index (Phi) is 1.75. The molecule has 0 atom stereocenters. The maximum Gasteiger partial charge on any atom is 0.214 e. The quantitative estimate of drug-likeness (QED) is 0.705. The molecule has 0 amide bonds. The smallest absolute Gasteiger partial charge is 0.214 e. The Hall–Kier alpha value is -1.82. The Labute approximate surface area is 88.0 Å². The van der Waals surface area contributed by atoms with Gasteiger partial charge >= 0.3 is 0 Å². The molecule has 0 saturated heterocycles. The standard InChI is InChI=1S/C12H11N3/c13-8-12-14-10-6-1-2-7-11(10)15(12)9-4-3-5-9/h1-2,6-7,9H,3-5H2. The molecule has 2 aromatic rings. The SMILES string of the molecule is N#Cc1nc2ccccc2n1C1CCC1. The van der Waals surface area contributed by atoms with Gasteiger partial charge in [-0.2, -0.15) is 5.26 Å². The first-order valence-corrected chi connectivity index (χ1v) is 5.27. The van der Waals surface area contributed by atoms with E-state index in [0.29, 0.717) is 11.9 Å². The lowest BCUT2D eigenvalue weighted by Crippen LogP contribution is -2.18. The third kappa shape index (κ3) is 1.15. The molecule has 1 aromatic carbocycles. The highest BCUT2D eigenvalue weighted by Crippen LogP contribution is 2.35. The number of nitriles is 1. The Balaban J connectivity index is 2.28. The lowest BCUT2D eigenvalue weighted by Gasteiger charge is -2.27. The molecule has 3 nitrogen and oxygen atoms in total. The minimum Gasteiger partial charge on any atom is -0.312 e. The summed E-state index contributed by atoms with van der Waals surface area (Å²) >= 11 is 0. The van der Waals surface area contributed by atoms with E-state index in [1.54, 1.807) is 0 Å². The lowest BCUT2D eigenvalue weighted by atomic mass is 9.92. The summed E-state index contributed by atoms with van der Waals surface area (Å²) in [5.74, 6) is 0.556. The van der Waals surface area contributed by atoms with Crippen molar-refractivity contribution in [2.24, 2.45) is 0 Å². The zero-order chi connectivity index (χ0) is 10.3. The lowest BCUT2D eigenvalue weighted by molar-refractivity contribution is 0.318. The van der Waals surface area contributed by atoms with Gasteiger partial charge in [-0.25, -0.2) is 4.98 Å². The average Bonchev–Trinajstić information content (AvgIpc) is 2.55. The highest BCUT2D eigenvalue weighted by Gasteiger charge is 2.24. The Bertz CT molecular complexity index is 543. The number of nitrogens with zero attached hydrogens (tertiary/aromatic N) is 3. The van der Waals surface area contributed by atoms with Crippen molar-refractivity contribution in [2.45, 2.75) is 25.3 Å². The highest BCUT2D eigenvalue weighted by molar-refractivity contribution is 5.76. The van der Waals surface area contributed by atoms with Crippen molar-refractivity contribution in [2.75, 3.05) is 0 Å². The number of benzene rings is 1. The van der Waals surface area contributed by atoms with Crippen LogP contribution in [0, 0.1) is 11.3 Å². The molecule has 0 spiro atoms. The molecular weight excluding hydrogens is 186 g/mol. The van der Waals surface area contributed by atoms with E-state index in [0.717, 1.165) is 11.0 Å². The summed E-state index contributed by atoms with van der Waals surface area (Å²) in [6, 6.07) is 10.6. The normalized spacial score (nSPS) is 16.2. The van der Waals surface area contributed by atoms with Crippen LogP contribution in [-0.2, 0) is 0 Å². The molecule has 0 radical (unpaired) electrons. The van der Waals surface area contributed by atoms with Crippen molar-refractivity contribution in [3.8, 4) is 6.07 Å². The molecular formula is C12H11N3. The molecule has 1 saturated carbocycles. The third-order valence-electron chi connectivity index (χ3n) is 3.14. The number of rotatable bonds is 1. The maximum absolute atomic E-state index is 9.05. The fourth-order valence-corrected chi connectivity index (χ4v) is 2.14. The van der Waals surface area contributed by atoms with Gasteiger partial charge in [0.15, 0.2) is 0 Å². The molecule has 1 fully saturated rings. The molecule has 0 N–H and O–H groups in total. The third-order valence-corrected chi connectivity index (χ3v) is 3.14. The van der Waals surface area contributed by atoms with Gasteiger partial charge in [0.25, 0.3) is 0 Å². The number of aromatic nitrogens is 2. The first-order chi connectivity index (χ1) is 7.40. The summed E-state index contributed by atoms with van der Waals surface area (Å²) in [5, 5.41) is 9.05. The maximum atomic E-state index is 9.05. The summed E-state index contributed by atoms with van der Waals surface area (Å²) in [6.45, 7) is 0. The fourth-order valence-electron chi connectivity index (χ4n) is 2.14. The van der Waals surface area contributed by atoms with Crippen molar-refractivity contribution in [3.63, 3.8) is 0 Å². The predicted octanol–water partition coefficient (Wildman–Crippen LogP) is 2.63. The zero-order valence-corrected chi connectivity index (χ0v) is 8.35. The average molecular weight is 197 g/mol. The van der Waals surface area contributed by atoms with Crippen LogP contribution in [-0.4, -0.2) is 9.55 Å². The molecule has 3 rings (SSSR count). The molecule has 0 unspecified atom stereocenters. The minimum atomic E-state index is 0.493. The molecule has 3 heteroatoms. The topological polar surface area (TPSA) is 41.6 Å². The summed E-state index contributed by atoms with van der Waals surface area (Å²) < 4.78 is 2.10. The second-order valence-corrected chi connectivity index (χ2v) is 3.99. The zero-order valence-electron chi connectivity index (χ0n) is 8.35. The second-order valence-electron chi connectivity index (χ2n) is 3.99. The van der Waals surface area contributed by atoms with E-state index >= 15 is 0 Å². The van der Waals surface area contributed by atoms with Crippen molar-refractivity contribution in [1.82, 2.24) is 9.55 Å². The number of hydrogen-bond acceptors (Lipinski definition) is 2. The van der Waals surface area contributed by atoms with Gasteiger partial charge in [-0.05, 0) is 31.4 Å². The summed E-state index contributed by atoms with van der Waals surface area (Å²) in [6.07, 6.45) is 3.62. The van der Waals surface area contributed by atoms with Crippen LogP contribution in [0.3, 0.4) is 0 Å². The Morgan fingerprint density at radius 3 is 2.80 bits per heavy atom. The highest BCUT2D eigenvalue weighted by atomic mass is 15.1. The van der Waals surface area contributed by atoms with Crippen molar-refractivity contribution in [3.05, 3.63) is 30.1 Å². The molecule has 1 aromatic heterocycles. The van der Waals surface area contributed by atoms with Crippen LogP contribution in [0.1, 0.15) is 31.1 Å². The van der Waals surface area contributed by atoms with Gasteiger partial charge in [0.2, 0.25) is 5.82 Å². The molecule has 0 bridgehead atoms. The van der Waals surface area contributed by atoms with E-state index in [1.165, 1.54) is 19.3 Å². The number of fused-ring (bicyclic) bond motifs is 1. The monoisotopic (exact) mass is 197 g/mol. The van der Waals surface area contributed by atoms with Gasteiger partial charge in [0.1, 0.15) is 6.07 Å². The van der Waals surface area contributed by atoms with Crippen LogP contribution in [0.15, 0.2) is 24.3 Å². The second kappa shape index (κ2) is 3.09. The number of hydrogen-bond donors (Lipinski definition) is 0. The van der Waals surface area contributed by atoms with Crippen molar-refractivity contribution in [1.29, 1.82) is 5.26 Å². The number of imidazole rings is 1. The first kappa shape index (κ1) is 8.49. The summed E-state index contributed by atoms with van der Waals surface area (Å²) in [7, 11) is 0. The molecule has 74 valence electrons. The molecule has 1 aliphatic rings. The summed E-state index contributed by atoms with van der Waals surface area (Å²) in [4.78, 5) is 4.34. The predicted molar refractivity (Wildman–Crippen MR) is 57.3 cm³/mol. The van der Waals surface area contributed by atoms with Crippen LogP contribution >= 0.6 is 0 Å². The van der Waals surface area contributed by atoms with Crippen LogP contribution < -0.4 is 0 Å². The van der Waals surface area contributed by atoms with Crippen LogP contribution in [0.2, 0.25) is 0 Å². The largest absolute Gasteiger partial charge is 0.312 e. The molecule has 1 aliphatic carbocycles. The van der Waals surface area contributed by atoms with E-state index in [2.05, 4.69) is 15.6 Å². The van der Waals surface area contributed by atoms with E-state index in [4.69, 9.17) is 5.26 Å². The molecule has 15 heavy (non-hydrogen) atoms. The van der Waals surface area contributed by atoms with Gasteiger partial charge in [0.05, 0.1) is 11.0 Å². The molecule has 1 heterocycles. The van der Waals surface area contributed by atoms with E-state index in [1.807, 2.05) is 24.3 Å². The van der Waals surface area contributed by atoms with Crippen molar-refractivity contribution < 1.29 is 0 Å². The van der Waals surface area contributed by atoms with Gasteiger partial charge in [-0.1, -0.05) is 12.1 Å². The van der Waals surface area contributed by atoms with Gasteiger partial charge < -0.3 is 4.57 Å². The van der Waals surface area contributed by atoms with Crippen LogP contribution in [0.5, 0.6) is 0 Å². The number of para-hydroxylation sites is 2.